The average Bonchev–Trinajstić information content (AvgIpc) is 2.89. The molecule has 2 rings (SSSR count). The summed E-state index contributed by atoms with van der Waals surface area (Å²) < 4.78 is 0. The number of aromatic nitrogens is 1. The Kier molecular flexibility index (Phi) is 5.02. The van der Waals surface area contributed by atoms with Gasteiger partial charge in [0.25, 0.3) is 5.91 Å². The number of rotatable bonds is 6. The number of nitrogens with two attached hydrogens (primary N) is 2. The van der Waals surface area contributed by atoms with Crippen LogP contribution in [-0.4, -0.2) is 23.3 Å². The highest BCUT2D eigenvalue weighted by Crippen LogP contribution is 2.17. The number of para-hydroxylation sites is 1. The SMILES string of the molecule is NCCc1nc(C(=O)Nc2ccccc2CC(N)=O)cs1. The fourth-order valence-corrected chi connectivity index (χ4v) is 2.62. The van der Waals surface area contributed by atoms with Crippen molar-refractivity contribution >= 4 is 28.8 Å². The maximum atomic E-state index is 12.2. The molecule has 0 bridgehead atoms. The summed E-state index contributed by atoms with van der Waals surface area (Å²) in [6.07, 6.45) is 0.724. The number of anilines is 1. The van der Waals surface area contributed by atoms with Crippen molar-refractivity contribution in [3.8, 4) is 0 Å². The number of thiazole rings is 1. The first-order chi connectivity index (χ1) is 10.1. The van der Waals surface area contributed by atoms with Gasteiger partial charge in [-0.3, -0.25) is 9.59 Å². The first kappa shape index (κ1) is 15.1. The zero-order valence-electron chi connectivity index (χ0n) is 11.3. The second kappa shape index (κ2) is 6.96. The molecule has 0 spiro atoms. The fourth-order valence-electron chi connectivity index (χ4n) is 1.82. The quantitative estimate of drug-likeness (QED) is 0.737. The van der Waals surface area contributed by atoms with Gasteiger partial charge in [-0.2, -0.15) is 0 Å². The molecule has 6 nitrogen and oxygen atoms in total. The van der Waals surface area contributed by atoms with Crippen molar-refractivity contribution in [3.05, 3.63) is 45.9 Å². The van der Waals surface area contributed by atoms with Gasteiger partial charge in [0.1, 0.15) is 5.69 Å². The summed E-state index contributed by atoms with van der Waals surface area (Å²) in [4.78, 5) is 27.4. The zero-order chi connectivity index (χ0) is 15.2. The van der Waals surface area contributed by atoms with Crippen LogP contribution in [0, 0.1) is 0 Å². The van der Waals surface area contributed by atoms with E-state index in [9.17, 15) is 9.59 Å². The van der Waals surface area contributed by atoms with Gasteiger partial charge in [-0.1, -0.05) is 18.2 Å². The molecule has 0 aliphatic rings. The minimum absolute atomic E-state index is 0.0753. The van der Waals surface area contributed by atoms with Crippen LogP contribution in [0.25, 0.3) is 0 Å². The largest absolute Gasteiger partial charge is 0.369 e. The van der Waals surface area contributed by atoms with E-state index in [4.69, 9.17) is 11.5 Å². The van der Waals surface area contributed by atoms with Gasteiger partial charge < -0.3 is 16.8 Å². The Morgan fingerprint density at radius 1 is 1.29 bits per heavy atom. The van der Waals surface area contributed by atoms with Gasteiger partial charge in [0.15, 0.2) is 0 Å². The number of nitrogens with zero attached hydrogens (tertiary/aromatic N) is 1. The normalized spacial score (nSPS) is 10.3. The number of nitrogens with one attached hydrogen (secondary N) is 1. The Morgan fingerprint density at radius 3 is 2.76 bits per heavy atom. The van der Waals surface area contributed by atoms with E-state index in [1.807, 2.05) is 0 Å². The molecule has 2 aromatic rings. The Balaban J connectivity index is 2.13. The van der Waals surface area contributed by atoms with Crippen LogP contribution in [0.1, 0.15) is 21.1 Å². The van der Waals surface area contributed by atoms with E-state index in [-0.39, 0.29) is 12.3 Å². The molecule has 0 aliphatic heterocycles. The Labute approximate surface area is 126 Å². The van der Waals surface area contributed by atoms with Gasteiger partial charge in [0.2, 0.25) is 5.91 Å². The molecule has 1 aromatic carbocycles. The van der Waals surface area contributed by atoms with E-state index in [0.29, 0.717) is 29.9 Å². The lowest BCUT2D eigenvalue weighted by Crippen LogP contribution is -2.18. The minimum Gasteiger partial charge on any atom is -0.369 e. The van der Waals surface area contributed by atoms with Gasteiger partial charge in [-0.25, -0.2) is 4.98 Å². The monoisotopic (exact) mass is 304 g/mol. The molecule has 2 amide bonds. The average molecular weight is 304 g/mol. The number of carbonyl (C=O) groups is 2. The summed E-state index contributed by atoms with van der Waals surface area (Å²) in [5.74, 6) is -0.762. The molecule has 0 atom stereocenters. The molecule has 21 heavy (non-hydrogen) atoms. The molecule has 110 valence electrons. The predicted molar refractivity (Wildman–Crippen MR) is 82.2 cm³/mol. The molecule has 0 aliphatic carbocycles. The number of primary amides is 1. The van der Waals surface area contributed by atoms with Gasteiger partial charge >= 0.3 is 0 Å². The maximum absolute atomic E-state index is 12.2. The van der Waals surface area contributed by atoms with Crippen LogP contribution in [0.5, 0.6) is 0 Å². The highest BCUT2D eigenvalue weighted by Gasteiger charge is 2.13. The standard InChI is InChI=1S/C14H16N4O2S/c15-6-5-13-17-11(8-21-13)14(20)18-10-4-2-1-3-9(10)7-12(16)19/h1-4,8H,5-7,15H2,(H2,16,19)(H,18,20). The van der Waals surface area contributed by atoms with Crippen LogP contribution in [0.2, 0.25) is 0 Å². The van der Waals surface area contributed by atoms with Crippen LogP contribution in [0.4, 0.5) is 5.69 Å². The molecule has 0 saturated carbocycles. The van der Waals surface area contributed by atoms with Gasteiger partial charge in [0, 0.05) is 17.5 Å². The number of amides is 2. The lowest BCUT2D eigenvalue weighted by molar-refractivity contribution is -0.117. The fraction of sp³-hybridized carbons (Fsp3) is 0.214. The molecule has 0 unspecified atom stereocenters. The van der Waals surface area contributed by atoms with Crippen molar-refractivity contribution in [2.24, 2.45) is 11.5 Å². The Morgan fingerprint density at radius 2 is 2.05 bits per heavy atom. The minimum atomic E-state index is -0.449. The Bertz CT molecular complexity index is 654. The van der Waals surface area contributed by atoms with Crippen molar-refractivity contribution < 1.29 is 9.59 Å². The molecule has 0 radical (unpaired) electrons. The first-order valence-corrected chi connectivity index (χ1v) is 7.30. The summed E-state index contributed by atoms with van der Waals surface area (Å²) in [5, 5.41) is 5.27. The summed E-state index contributed by atoms with van der Waals surface area (Å²) in [6, 6.07) is 7.04. The molecule has 0 saturated heterocycles. The van der Waals surface area contributed by atoms with E-state index >= 15 is 0 Å². The van der Waals surface area contributed by atoms with Crippen molar-refractivity contribution in [1.82, 2.24) is 4.98 Å². The Hall–Kier alpha value is -2.25. The van der Waals surface area contributed by atoms with Gasteiger partial charge in [0.05, 0.1) is 11.4 Å². The number of hydrogen-bond donors (Lipinski definition) is 3. The summed E-state index contributed by atoms with van der Waals surface area (Å²) in [5.41, 5.74) is 12.2. The van der Waals surface area contributed by atoms with Crippen LogP contribution in [0.15, 0.2) is 29.6 Å². The zero-order valence-corrected chi connectivity index (χ0v) is 12.2. The van der Waals surface area contributed by atoms with E-state index in [0.717, 1.165) is 5.01 Å². The summed E-state index contributed by atoms with van der Waals surface area (Å²) >= 11 is 1.40. The molecular formula is C14H16N4O2S. The predicted octanol–water partition coefficient (Wildman–Crippen LogP) is 0.924. The van der Waals surface area contributed by atoms with Crippen LogP contribution in [0.3, 0.4) is 0 Å². The summed E-state index contributed by atoms with van der Waals surface area (Å²) in [7, 11) is 0. The third kappa shape index (κ3) is 4.11. The third-order valence-corrected chi connectivity index (χ3v) is 3.68. The summed E-state index contributed by atoms with van der Waals surface area (Å²) in [6.45, 7) is 0.496. The van der Waals surface area contributed by atoms with Crippen molar-refractivity contribution in [3.63, 3.8) is 0 Å². The molecule has 1 heterocycles. The van der Waals surface area contributed by atoms with E-state index in [1.165, 1.54) is 11.3 Å². The highest BCUT2D eigenvalue weighted by atomic mass is 32.1. The smallest absolute Gasteiger partial charge is 0.275 e. The van der Waals surface area contributed by atoms with Crippen molar-refractivity contribution in [2.75, 3.05) is 11.9 Å². The number of carbonyl (C=O) groups excluding carboxylic acids is 2. The van der Waals surface area contributed by atoms with Gasteiger partial charge in [-0.05, 0) is 18.2 Å². The molecule has 5 N–H and O–H groups in total. The lowest BCUT2D eigenvalue weighted by atomic mass is 10.1. The maximum Gasteiger partial charge on any atom is 0.275 e. The van der Waals surface area contributed by atoms with Crippen LogP contribution >= 0.6 is 11.3 Å². The van der Waals surface area contributed by atoms with E-state index in [1.54, 1.807) is 29.6 Å². The van der Waals surface area contributed by atoms with Crippen molar-refractivity contribution in [2.45, 2.75) is 12.8 Å². The van der Waals surface area contributed by atoms with Crippen molar-refractivity contribution in [1.29, 1.82) is 0 Å². The van der Waals surface area contributed by atoms with E-state index < -0.39 is 5.91 Å². The molecule has 0 fully saturated rings. The number of hydrogen-bond acceptors (Lipinski definition) is 5. The second-order valence-electron chi connectivity index (χ2n) is 4.42. The second-order valence-corrected chi connectivity index (χ2v) is 5.36. The third-order valence-electron chi connectivity index (χ3n) is 2.77. The first-order valence-electron chi connectivity index (χ1n) is 6.42. The molecular weight excluding hydrogens is 288 g/mol. The van der Waals surface area contributed by atoms with E-state index in [2.05, 4.69) is 10.3 Å². The number of benzene rings is 1. The highest BCUT2D eigenvalue weighted by molar-refractivity contribution is 7.09. The van der Waals surface area contributed by atoms with Crippen LogP contribution < -0.4 is 16.8 Å². The molecule has 7 heteroatoms. The van der Waals surface area contributed by atoms with Gasteiger partial charge in [-0.15, -0.1) is 11.3 Å². The lowest BCUT2D eigenvalue weighted by Gasteiger charge is -2.08. The molecule has 1 aromatic heterocycles. The van der Waals surface area contributed by atoms with Crippen LogP contribution in [-0.2, 0) is 17.6 Å². The topological polar surface area (TPSA) is 111 Å².